The highest BCUT2D eigenvalue weighted by Gasteiger charge is 2.44. The molecule has 29 heavy (non-hydrogen) atoms. The fraction of sp³-hybridized carbons (Fsp3) is 0.389. The Morgan fingerprint density at radius 2 is 2.03 bits per heavy atom. The predicted octanol–water partition coefficient (Wildman–Crippen LogP) is -0.236. The second-order valence-corrected chi connectivity index (χ2v) is 6.63. The predicted molar refractivity (Wildman–Crippen MR) is 100 cm³/mol. The maximum atomic E-state index is 10.3. The van der Waals surface area contributed by atoms with E-state index in [2.05, 4.69) is 20.3 Å². The quantitative estimate of drug-likeness (QED) is 0.372. The van der Waals surface area contributed by atoms with Gasteiger partial charge in [0.15, 0.2) is 34.7 Å². The van der Waals surface area contributed by atoms with Crippen molar-refractivity contribution in [2.75, 3.05) is 19.0 Å². The van der Waals surface area contributed by atoms with E-state index in [1.54, 1.807) is 12.1 Å². The van der Waals surface area contributed by atoms with Crippen LogP contribution in [0, 0.1) is 0 Å². The SMILES string of the molecule is COc1ccc(CNc2ncnc3c2ncn3[C@@H]2O[C@H](CO)C(O)[C@@H]2O)cc1O. The first-order valence-electron chi connectivity index (χ1n) is 8.93. The highest BCUT2D eigenvalue weighted by molar-refractivity contribution is 5.82. The van der Waals surface area contributed by atoms with E-state index in [1.165, 1.54) is 24.3 Å². The van der Waals surface area contributed by atoms with Gasteiger partial charge in [0.05, 0.1) is 20.0 Å². The van der Waals surface area contributed by atoms with Crippen molar-refractivity contribution in [3.05, 3.63) is 36.4 Å². The first-order valence-corrected chi connectivity index (χ1v) is 8.93. The van der Waals surface area contributed by atoms with Gasteiger partial charge in [0.2, 0.25) is 0 Å². The van der Waals surface area contributed by atoms with E-state index in [9.17, 15) is 20.4 Å². The number of phenols is 1. The number of aromatic nitrogens is 4. The van der Waals surface area contributed by atoms with Crippen molar-refractivity contribution in [1.82, 2.24) is 19.5 Å². The first-order chi connectivity index (χ1) is 14.0. The molecule has 0 radical (unpaired) electrons. The van der Waals surface area contributed by atoms with Gasteiger partial charge in [0.25, 0.3) is 0 Å². The fourth-order valence-electron chi connectivity index (χ4n) is 3.31. The second kappa shape index (κ2) is 7.79. The number of benzene rings is 1. The van der Waals surface area contributed by atoms with Crippen molar-refractivity contribution in [3.8, 4) is 11.5 Å². The van der Waals surface area contributed by atoms with Gasteiger partial charge in [0.1, 0.15) is 24.6 Å². The van der Waals surface area contributed by atoms with Crippen LogP contribution in [0.3, 0.4) is 0 Å². The molecule has 0 amide bonds. The summed E-state index contributed by atoms with van der Waals surface area (Å²) in [7, 11) is 1.48. The third kappa shape index (κ3) is 3.44. The minimum absolute atomic E-state index is 0.0354. The van der Waals surface area contributed by atoms with Crippen molar-refractivity contribution in [2.45, 2.75) is 31.1 Å². The van der Waals surface area contributed by atoms with Crippen LogP contribution >= 0.6 is 0 Å². The summed E-state index contributed by atoms with van der Waals surface area (Å²) in [5.41, 5.74) is 1.65. The number of nitrogens with one attached hydrogen (secondary N) is 1. The van der Waals surface area contributed by atoms with E-state index in [0.717, 1.165) is 5.56 Å². The highest BCUT2D eigenvalue weighted by atomic mass is 16.6. The number of aromatic hydroxyl groups is 1. The van der Waals surface area contributed by atoms with Crippen molar-refractivity contribution in [3.63, 3.8) is 0 Å². The summed E-state index contributed by atoms with van der Waals surface area (Å²) in [5, 5.41) is 42.6. The van der Waals surface area contributed by atoms with E-state index in [-0.39, 0.29) is 5.75 Å². The van der Waals surface area contributed by atoms with Crippen LogP contribution in [0.4, 0.5) is 5.82 Å². The molecule has 2 aromatic heterocycles. The standard InChI is InChI=1S/C18H21N5O6/c1-28-11-3-2-9(4-10(11)25)5-19-16-13-17(21-7-20-16)23(8-22-13)18-15(27)14(26)12(6-24)29-18/h2-4,7-8,12,14-15,18,24-27H,5-6H2,1H3,(H,19,20,21)/t12-,14?,15+,18-/m1/s1. The lowest BCUT2D eigenvalue weighted by Gasteiger charge is -2.16. The van der Waals surface area contributed by atoms with Gasteiger partial charge >= 0.3 is 0 Å². The van der Waals surface area contributed by atoms with E-state index in [4.69, 9.17) is 9.47 Å². The lowest BCUT2D eigenvalue weighted by molar-refractivity contribution is -0.0511. The van der Waals surface area contributed by atoms with E-state index < -0.39 is 31.1 Å². The Bertz CT molecular complexity index is 1010. The van der Waals surface area contributed by atoms with Crippen LogP contribution in [0.5, 0.6) is 11.5 Å². The monoisotopic (exact) mass is 403 g/mol. The smallest absolute Gasteiger partial charge is 0.167 e. The summed E-state index contributed by atoms with van der Waals surface area (Å²) in [5.74, 6) is 0.875. The molecule has 3 heterocycles. The number of aliphatic hydroxyl groups is 3. The molecule has 1 aliphatic rings. The molecule has 1 aromatic carbocycles. The van der Waals surface area contributed by atoms with E-state index >= 15 is 0 Å². The van der Waals surface area contributed by atoms with E-state index in [0.29, 0.717) is 29.3 Å². The zero-order valence-corrected chi connectivity index (χ0v) is 15.5. The van der Waals surface area contributed by atoms with Gasteiger partial charge in [-0.05, 0) is 17.7 Å². The molecule has 1 unspecified atom stereocenters. The molecular formula is C18H21N5O6. The average Bonchev–Trinajstić information content (AvgIpc) is 3.28. The molecule has 11 nitrogen and oxygen atoms in total. The average molecular weight is 403 g/mol. The molecule has 4 atom stereocenters. The molecule has 154 valence electrons. The summed E-state index contributed by atoms with van der Waals surface area (Å²) in [6.07, 6.45) is -1.51. The van der Waals surface area contributed by atoms with Crippen LogP contribution in [0.2, 0.25) is 0 Å². The van der Waals surface area contributed by atoms with Gasteiger partial charge in [-0.2, -0.15) is 0 Å². The minimum Gasteiger partial charge on any atom is -0.504 e. The van der Waals surface area contributed by atoms with Crippen LogP contribution in [0.1, 0.15) is 11.8 Å². The Morgan fingerprint density at radius 1 is 1.21 bits per heavy atom. The van der Waals surface area contributed by atoms with Gasteiger partial charge < -0.3 is 35.2 Å². The molecule has 0 saturated carbocycles. The molecule has 1 saturated heterocycles. The fourth-order valence-corrected chi connectivity index (χ4v) is 3.31. The number of aliphatic hydroxyl groups excluding tert-OH is 3. The number of imidazole rings is 1. The van der Waals surface area contributed by atoms with Crippen LogP contribution in [-0.2, 0) is 11.3 Å². The Morgan fingerprint density at radius 3 is 2.72 bits per heavy atom. The van der Waals surface area contributed by atoms with Crippen LogP contribution < -0.4 is 10.1 Å². The largest absolute Gasteiger partial charge is 0.504 e. The van der Waals surface area contributed by atoms with Crippen LogP contribution in [-0.4, -0.2) is 72.0 Å². The van der Waals surface area contributed by atoms with Gasteiger partial charge in [-0.15, -0.1) is 0 Å². The van der Waals surface area contributed by atoms with Gasteiger partial charge in [0, 0.05) is 6.54 Å². The summed E-state index contributed by atoms with van der Waals surface area (Å²) >= 11 is 0. The Labute approximate surface area is 165 Å². The maximum Gasteiger partial charge on any atom is 0.167 e. The number of ether oxygens (including phenoxy) is 2. The number of phenolic OH excluding ortho intramolecular Hbond substituents is 1. The Balaban J connectivity index is 1.57. The minimum atomic E-state index is -1.24. The topological polar surface area (TPSA) is 155 Å². The summed E-state index contributed by atoms with van der Waals surface area (Å²) in [4.78, 5) is 12.7. The number of hydrogen-bond acceptors (Lipinski definition) is 10. The zero-order valence-electron chi connectivity index (χ0n) is 15.5. The lowest BCUT2D eigenvalue weighted by atomic mass is 10.1. The number of methoxy groups -OCH3 is 1. The summed E-state index contributed by atoms with van der Waals surface area (Å²) < 4.78 is 12.1. The number of hydrogen-bond donors (Lipinski definition) is 5. The van der Waals surface area contributed by atoms with Crippen LogP contribution in [0.25, 0.3) is 11.2 Å². The normalized spacial score (nSPS) is 24.1. The third-order valence-corrected chi connectivity index (χ3v) is 4.85. The van der Waals surface area contributed by atoms with Gasteiger partial charge in [-0.3, -0.25) is 4.57 Å². The molecule has 1 aliphatic heterocycles. The lowest BCUT2D eigenvalue weighted by Crippen LogP contribution is -2.33. The molecule has 0 spiro atoms. The molecule has 5 N–H and O–H groups in total. The number of nitrogens with zero attached hydrogens (tertiary/aromatic N) is 4. The third-order valence-electron chi connectivity index (χ3n) is 4.85. The first kappa shape index (κ1) is 19.3. The molecule has 4 rings (SSSR count). The highest BCUT2D eigenvalue weighted by Crippen LogP contribution is 2.32. The summed E-state index contributed by atoms with van der Waals surface area (Å²) in [6, 6.07) is 5.06. The Hall–Kier alpha value is -2.99. The zero-order chi connectivity index (χ0) is 20.5. The van der Waals surface area contributed by atoms with Gasteiger partial charge in [-0.25, -0.2) is 15.0 Å². The molecule has 3 aromatic rings. The molecular weight excluding hydrogens is 382 g/mol. The molecule has 1 fully saturated rings. The second-order valence-electron chi connectivity index (χ2n) is 6.63. The summed E-state index contributed by atoms with van der Waals surface area (Å²) in [6.45, 7) is -0.0533. The van der Waals surface area contributed by atoms with Crippen LogP contribution in [0.15, 0.2) is 30.9 Å². The molecule has 0 aliphatic carbocycles. The number of rotatable bonds is 6. The number of anilines is 1. The van der Waals surface area contributed by atoms with Gasteiger partial charge in [-0.1, -0.05) is 6.07 Å². The molecule has 11 heteroatoms. The Kier molecular flexibility index (Phi) is 5.20. The van der Waals surface area contributed by atoms with Crippen molar-refractivity contribution < 1.29 is 29.9 Å². The molecule has 0 bridgehead atoms. The van der Waals surface area contributed by atoms with Crippen molar-refractivity contribution in [2.24, 2.45) is 0 Å². The number of fused-ring (bicyclic) bond motifs is 1. The van der Waals surface area contributed by atoms with Crippen molar-refractivity contribution in [1.29, 1.82) is 0 Å². The van der Waals surface area contributed by atoms with E-state index in [1.807, 2.05) is 6.07 Å². The maximum absolute atomic E-state index is 10.3. The van der Waals surface area contributed by atoms with Crippen molar-refractivity contribution >= 4 is 17.0 Å².